The lowest BCUT2D eigenvalue weighted by Crippen LogP contribution is -2.42. The Hall–Kier alpha value is -0.770. The number of rotatable bonds is 5. The number of amides is 1. The summed E-state index contributed by atoms with van der Waals surface area (Å²) in [7, 11) is 0. The van der Waals surface area contributed by atoms with Gasteiger partial charge in [0.15, 0.2) is 0 Å². The number of halogens is 2. The molecule has 0 spiro atoms. The molecule has 1 atom stereocenters. The lowest BCUT2D eigenvalue weighted by Gasteiger charge is -2.30. The van der Waals surface area contributed by atoms with Gasteiger partial charge in [0.2, 0.25) is 5.91 Å². The zero-order chi connectivity index (χ0) is 16.1. The highest BCUT2D eigenvalue weighted by Crippen LogP contribution is 2.27. The molecule has 1 amide bonds. The number of nitrogens with one attached hydrogen (secondary N) is 1. The van der Waals surface area contributed by atoms with E-state index in [1.54, 1.807) is 6.07 Å². The van der Waals surface area contributed by atoms with Gasteiger partial charge in [0.1, 0.15) is 0 Å². The molecule has 0 bridgehead atoms. The van der Waals surface area contributed by atoms with Gasteiger partial charge >= 0.3 is 0 Å². The van der Waals surface area contributed by atoms with E-state index in [-0.39, 0.29) is 11.9 Å². The number of hydrogen-bond donors (Lipinski definition) is 1. The topological polar surface area (TPSA) is 32.3 Å². The second kappa shape index (κ2) is 8.19. The molecule has 0 aromatic heterocycles. The summed E-state index contributed by atoms with van der Waals surface area (Å²) in [6.45, 7) is 6.83. The molecule has 22 heavy (non-hydrogen) atoms. The van der Waals surface area contributed by atoms with Crippen molar-refractivity contribution in [1.82, 2.24) is 10.2 Å². The first-order chi connectivity index (χ1) is 10.5. The Labute approximate surface area is 143 Å². The van der Waals surface area contributed by atoms with Crippen LogP contribution in [0.15, 0.2) is 18.2 Å². The van der Waals surface area contributed by atoms with E-state index in [9.17, 15) is 4.79 Å². The first-order valence-electron chi connectivity index (χ1n) is 7.96. The summed E-state index contributed by atoms with van der Waals surface area (Å²) in [5, 5.41) is 4.17. The van der Waals surface area contributed by atoms with Crippen LogP contribution in [-0.2, 0) is 4.79 Å². The average Bonchev–Trinajstić information content (AvgIpc) is 2.50. The third-order valence-corrected chi connectivity index (χ3v) is 5.07. The molecule has 1 heterocycles. The van der Waals surface area contributed by atoms with Crippen LogP contribution in [0, 0.1) is 5.92 Å². The molecule has 1 N–H and O–H groups in total. The Balaban J connectivity index is 1.91. The molecule has 1 aromatic rings. The van der Waals surface area contributed by atoms with Gasteiger partial charge in [0.25, 0.3) is 0 Å². The number of carbonyl (C=O) groups excluding carboxylic acids is 1. The van der Waals surface area contributed by atoms with Crippen molar-refractivity contribution in [3.63, 3.8) is 0 Å². The van der Waals surface area contributed by atoms with Crippen LogP contribution < -0.4 is 5.32 Å². The fourth-order valence-electron chi connectivity index (χ4n) is 2.81. The summed E-state index contributed by atoms with van der Waals surface area (Å²) < 4.78 is 0. The van der Waals surface area contributed by atoms with Crippen molar-refractivity contribution in [2.75, 3.05) is 19.6 Å². The number of benzene rings is 1. The molecular formula is C17H24Cl2N2O. The summed E-state index contributed by atoms with van der Waals surface area (Å²) in [6, 6.07) is 5.51. The Morgan fingerprint density at radius 2 is 2.00 bits per heavy atom. The summed E-state index contributed by atoms with van der Waals surface area (Å²) in [5.74, 6) is 0.853. The van der Waals surface area contributed by atoms with Crippen molar-refractivity contribution in [2.24, 2.45) is 5.92 Å². The van der Waals surface area contributed by atoms with Crippen molar-refractivity contribution in [3.8, 4) is 0 Å². The van der Waals surface area contributed by atoms with Crippen LogP contribution in [0.3, 0.4) is 0 Å². The van der Waals surface area contributed by atoms with E-state index in [0.29, 0.717) is 16.6 Å². The average molecular weight is 343 g/mol. The fraction of sp³-hybridized carbons (Fsp3) is 0.588. The molecule has 0 radical (unpaired) electrons. The van der Waals surface area contributed by atoms with E-state index in [4.69, 9.17) is 23.2 Å². The predicted molar refractivity (Wildman–Crippen MR) is 92.5 cm³/mol. The molecular weight excluding hydrogens is 319 g/mol. The minimum absolute atomic E-state index is 0.0222. The molecule has 1 aliphatic rings. The summed E-state index contributed by atoms with van der Waals surface area (Å²) >= 11 is 12.0. The molecule has 0 saturated carbocycles. The highest BCUT2D eigenvalue weighted by Gasteiger charge is 2.20. The quantitative estimate of drug-likeness (QED) is 0.865. The van der Waals surface area contributed by atoms with Gasteiger partial charge in [-0.1, -0.05) is 43.1 Å². The van der Waals surface area contributed by atoms with Crippen LogP contribution in [0.25, 0.3) is 0 Å². The van der Waals surface area contributed by atoms with Gasteiger partial charge in [-0.3, -0.25) is 9.69 Å². The minimum Gasteiger partial charge on any atom is -0.348 e. The number of piperidine rings is 1. The Morgan fingerprint density at radius 3 is 2.59 bits per heavy atom. The van der Waals surface area contributed by atoms with Crippen LogP contribution in [0.5, 0.6) is 0 Å². The largest absolute Gasteiger partial charge is 0.348 e. The Bertz CT molecular complexity index is 513. The number of likely N-dealkylation sites (tertiary alicyclic amines) is 1. The molecule has 122 valence electrons. The van der Waals surface area contributed by atoms with Crippen molar-refractivity contribution in [2.45, 2.75) is 39.2 Å². The smallest absolute Gasteiger partial charge is 0.234 e. The lowest BCUT2D eigenvalue weighted by atomic mass is 9.99. The summed E-state index contributed by atoms with van der Waals surface area (Å²) in [5.41, 5.74) is 0.998. The molecule has 1 aliphatic heterocycles. The predicted octanol–water partition coefficient (Wildman–Crippen LogP) is 4.29. The third-order valence-electron chi connectivity index (χ3n) is 4.33. The van der Waals surface area contributed by atoms with Gasteiger partial charge in [-0.05, 0) is 56.0 Å². The summed E-state index contributed by atoms with van der Waals surface area (Å²) in [4.78, 5) is 14.5. The van der Waals surface area contributed by atoms with Crippen LogP contribution >= 0.6 is 23.2 Å². The standard InChI is InChI=1S/C17H24Cl2N2O/c1-3-16(13-4-5-14(18)15(19)10-13)20-17(22)11-21-8-6-12(2)7-9-21/h4-5,10,12,16H,3,6-9,11H2,1-2H3,(H,20,22). The molecule has 2 rings (SSSR count). The van der Waals surface area contributed by atoms with Crippen molar-refractivity contribution in [1.29, 1.82) is 0 Å². The van der Waals surface area contributed by atoms with Gasteiger partial charge in [0, 0.05) is 0 Å². The van der Waals surface area contributed by atoms with Crippen LogP contribution in [0.1, 0.15) is 44.7 Å². The molecule has 3 nitrogen and oxygen atoms in total. The fourth-order valence-corrected chi connectivity index (χ4v) is 3.12. The summed E-state index contributed by atoms with van der Waals surface area (Å²) in [6.07, 6.45) is 3.18. The lowest BCUT2D eigenvalue weighted by molar-refractivity contribution is -0.123. The van der Waals surface area contributed by atoms with Gasteiger partial charge in [-0.25, -0.2) is 0 Å². The number of carbonyl (C=O) groups is 1. The Kier molecular flexibility index (Phi) is 6.54. The van der Waals surface area contributed by atoms with Crippen LogP contribution in [0.4, 0.5) is 0 Å². The van der Waals surface area contributed by atoms with Crippen LogP contribution in [-0.4, -0.2) is 30.4 Å². The van der Waals surface area contributed by atoms with Gasteiger partial charge < -0.3 is 5.32 Å². The molecule has 1 fully saturated rings. The van der Waals surface area contributed by atoms with Crippen molar-refractivity contribution >= 4 is 29.1 Å². The van der Waals surface area contributed by atoms with E-state index in [1.165, 1.54) is 12.8 Å². The van der Waals surface area contributed by atoms with Crippen molar-refractivity contribution in [3.05, 3.63) is 33.8 Å². The number of hydrogen-bond acceptors (Lipinski definition) is 2. The van der Waals surface area contributed by atoms with Gasteiger partial charge in [0.05, 0.1) is 22.6 Å². The second-order valence-corrected chi connectivity index (χ2v) is 6.97. The highest BCUT2D eigenvalue weighted by atomic mass is 35.5. The number of nitrogens with zero attached hydrogens (tertiary/aromatic N) is 1. The maximum atomic E-state index is 12.3. The zero-order valence-corrected chi connectivity index (χ0v) is 14.8. The normalized spacial score (nSPS) is 18.2. The van der Waals surface area contributed by atoms with E-state index in [1.807, 2.05) is 12.1 Å². The van der Waals surface area contributed by atoms with Gasteiger partial charge in [-0.15, -0.1) is 0 Å². The second-order valence-electron chi connectivity index (χ2n) is 6.16. The van der Waals surface area contributed by atoms with E-state index in [0.717, 1.165) is 31.0 Å². The maximum absolute atomic E-state index is 12.3. The van der Waals surface area contributed by atoms with Gasteiger partial charge in [-0.2, -0.15) is 0 Å². The minimum atomic E-state index is -0.0222. The first kappa shape index (κ1) is 17.6. The zero-order valence-electron chi connectivity index (χ0n) is 13.2. The van der Waals surface area contributed by atoms with Crippen LogP contribution in [0.2, 0.25) is 10.0 Å². The Morgan fingerprint density at radius 1 is 1.32 bits per heavy atom. The monoisotopic (exact) mass is 342 g/mol. The first-order valence-corrected chi connectivity index (χ1v) is 8.71. The van der Waals surface area contributed by atoms with Crippen molar-refractivity contribution < 1.29 is 4.79 Å². The van der Waals surface area contributed by atoms with E-state index < -0.39 is 0 Å². The molecule has 1 saturated heterocycles. The SMILES string of the molecule is CCC(NC(=O)CN1CCC(C)CC1)c1ccc(Cl)c(Cl)c1. The maximum Gasteiger partial charge on any atom is 0.234 e. The highest BCUT2D eigenvalue weighted by molar-refractivity contribution is 6.42. The van der Waals surface area contributed by atoms with E-state index >= 15 is 0 Å². The molecule has 0 aliphatic carbocycles. The molecule has 1 unspecified atom stereocenters. The molecule has 5 heteroatoms. The third kappa shape index (κ3) is 4.87. The van der Waals surface area contributed by atoms with E-state index in [2.05, 4.69) is 24.1 Å². The molecule has 1 aromatic carbocycles.